The van der Waals surface area contributed by atoms with E-state index < -0.39 is 0 Å². The summed E-state index contributed by atoms with van der Waals surface area (Å²) in [5, 5.41) is 11.7. The lowest BCUT2D eigenvalue weighted by Gasteiger charge is -2.19. The molecule has 6 aromatic rings. The molecule has 0 saturated heterocycles. The number of hydrogen-bond acceptors (Lipinski definition) is 8. The lowest BCUT2D eigenvalue weighted by molar-refractivity contribution is 0.366. The van der Waals surface area contributed by atoms with Crippen LogP contribution in [0.1, 0.15) is 47.1 Å². The average molecular weight is 583 g/mol. The van der Waals surface area contributed by atoms with Crippen LogP contribution < -0.4 is 11.5 Å². The van der Waals surface area contributed by atoms with Gasteiger partial charge in [-0.1, -0.05) is 53.6 Å². The van der Waals surface area contributed by atoms with Gasteiger partial charge in [0.15, 0.2) is 11.3 Å². The van der Waals surface area contributed by atoms with Crippen molar-refractivity contribution < 1.29 is 0 Å². The number of rotatable bonds is 2. The maximum atomic E-state index is 6.08. The van der Waals surface area contributed by atoms with Gasteiger partial charge in [0.05, 0.1) is 21.9 Å². The molecule has 4 heterocycles. The Kier molecular flexibility index (Phi) is 7.36. The minimum Gasteiger partial charge on any atom is -0.383 e. The number of aryl methyl sites for hydroxylation is 1. The summed E-state index contributed by atoms with van der Waals surface area (Å²) in [5.41, 5.74) is 18.0. The minimum absolute atomic E-state index is 0.179. The van der Waals surface area contributed by atoms with E-state index in [0.29, 0.717) is 16.7 Å². The van der Waals surface area contributed by atoms with Crippen molar-refractivity contribution >= 4 is 45.3 Å². The van der Waals surface area contributed by atoms with Crippen molar-refractivity contribution in [3.63, 3.8) is 0 Å². The Hall–Kier alpha value is -4.57. The molecule has 11 heteroatoms. The molecule has 0 saturated carbocycles. The van der Waals surface area contributed by atoms with Gasteiger partial charge in [-0.05, 0) is 60.6 Å². The number of aromatic nitrogens is 8. The molecule has 10 nitrogen and oxygen atoms in total. The van der Waals surface area contributed by atoms with Crippen LogP contribution in [0.15, 0.2) is 61.2 Å². The molecule has 0 aliphatic carbocycles. The van der Waals surface area contributed by atoms with Crippen LogP contribution in [0.4, 0.5) is 11.6 Å². The summed E-state index contributed by atoms with van der Waals surface area (Å²) in [5.74, 6) is 0.895. The van der Waals surface area contributed by atoms with Gasteiger partial charge in [0, 0.05) is 16.1 Å². The molecule has 0 bridgehead atoms. The number of nitrogen functional groups attached to an aromatic ring is 2. The SMILES string of the molecule is CC(C)(C)n1nc(-c2ccc(Cl)cc2)c2c(N)ncnc21.Cc1ccc(-c2nn(C(C)(C)C)c3ncnc(N)c23)cc1. The highest BCUT2D eigenvalue weighted by Gasteiger charge is 2.25. The first kappa shape index (κ1) is 28.9. The number of nitrogens with two attached hydrogens (primary N) is 2. The highest BCUT2D eigenvalue weighted by molar-refractivity contribution is 6.30. The molecule has 0 aliphatic heterocycles. The zero-order valence-corrected chi connectivity index (χ0v) is 25.6. The van der Waals surface area contributed by atoms with Gasteiger partial charge in [-0.15, -0.1) is 0 Å². The first-order valence-corrected chi connectivity index (χ1v) is 14.0. The van der Waals surface area contributed by atoms with Crippen molar-refractivity contribution in [1.82, 2.24) is 39.5 Å². The molecule has 0 amide bonds. The molecule has 216 valence electrons. The molecule has 0 fully saturated rings. The maximum Gasteiger partial charge on any atom is 0.164 e. The zero-order valence-electron chi connectivity index (χ0n) is 24.9. The van der Waals surface area contributed by atoms with E-state index in [0.717, 1.165) is 44.6 Å². The van der Waals surface area contributed by atoms with Gasteiger partial charge in [0.25, 0.3) is 0 Å². The summed E-state index contributed by atoms with van der Waals surface area (Å²) < 4.78 is 3.79. The van der Waals surface area contributed by atoms with Crippen LogP contribution in [-0.4, -0.2) is 39.5 Å². The summed E-state index contributed by atoms with van der Waals surface area (Å²) >= 11 is 5.95. The summed E-state index contributed by atoms with van der Waals surface area (Å²) in [6, 6.07) is 15.7. The number of hydrogen-bond donors (Lipinski definition) is 2. The number of benzene rings is 2. The van der Waals surface area contributed by atoms with E-state index in [1.54, 1.807) is 0 Å². The van der Waals surface area contributed by atoms with Crippen LogP contribution in [0.5, 0.6) is 0 Å². The Bertz CT molecular complexity index is 1730. The van der Waals surface area contributed by atoms with Gasteiger partial charge in [-0.25, -0.2) is 29.3 Å². The molecule has 6 rings (SSSR count). The smallest absolute Gasteiger partial charge is 0.164 e. The second-order valence-corrected chi connectivity index (χ2v) is 12.6. The van der Waals surface area contributed by atoms with E-state index >= 15 is 0 Å². The lowest BCUT2D eigenvalue weighted by Crippen LogP contribution is -2.23. The topological polar surface area (TPSA) is 139 Å². The fraction of sp³-hybridized carbons (Fsp3) is 0.290. The normalized spacial score (nSPS) is 12.0. The third-order valence-corrected chi connectivity index (χ3v) is 6.95. The van der Waals surface area contributed by atoms with Gasteiger partial charge < -0.3 is 11.5 Å². The van der Waals surface area contributed by atoms with E-state index in [4.69, 9.17) is 33.3 Å². The van der Waals surface area contributed by atoms with Crippen LogP contribution in [-0.2, 0) is 11.1 Å². The standard InChI is InChI=1S/C16H19N5.C15H16ClN5/c1-10-5-7-11(8-6-10)13-12-14(17)18-9-19-15(12)21(20-13)16(2,3)4;1-15(2,3)21-14-11(13(17)18-8-19-14)12(20-21)9-4-6-10(16)7-5-9/h5-9H,1-4H3,(H2,17,18,19);4-8H,1-3H3,(H2,17,18,19). The van der Waals surface area contributed by atoms with E-state index in [2.05, 4.69) is 92.7 Å². The molecule has 4 N–H and O–H groups in total. The first-order valence-electron chi connectivity index (χ1n) is 13.6. The minimum atomic E-state index is -0.205. The Balaban J connectivity index is 0.000000168. The molecule has 0 radical (unpaired) electrons. The van der Waals surface area contributed by atoms with Crippen LogP contribution in [0.2, 0.25) is 5.02 Å². The van der Waals surface area contributed by atoms with Crippen molar-refractivity contribution in [3.8, 4) is 22.5 Å². The molecule has 0 spiro atoms. The van der Waals surface area contributed by atoms with E-state index in [1.807, 2.05) is 33.6 Å². The predicted octanol–water partition coefficient (Wildman–Crippen LogP) is 6.62. The monoisotopic (exact) mass is 582 g/mol. The summed E-state index contributed by atoms with van der Waals surface area (Å²) in [4.78, 5) is 17.0. The summed E-state index contributed by atoms with van der Waals surface area (Å²) in [6.07, 6.45) is 2.95. The quantitative estimate of drug-likeness (QED) is 0.232. The highest BCUT2D eigenvalue weighted by atomic mass is 35.5. The number of nitrogens with zero attached hydrogens (tertiary/aromatic N) is 8. The molecular weight excluding hydrogens is 548 g/mol. The number of anilines is 2. The molecular formula is C31H35ClN10. The Morgan fingerprint density at radius 1 is 0.595 bits per heavy atom. The predicted molar refractivity (Wildman–Crippen MR) is 170 cm³/mol. The van der Waals surface area contributed by atoms with Gasteiger partial charge in [0.2, 0.25) is 0 Å². The molecule has 0 atom stereocenters. The van der Waals surface area contributed by atoms with Crippen molar-refractivity contribution in [2.24, 2.45) is 0 Å². The molecule has 0 unspecified atom stereocenters. The molecule has 4 aromatic heterocycles. The average Bonchev–Trinajstić information content (AvgIpc) is 3.52. The van der Waals surface area contributed by atoms with Crippen LogP contribution in [0.3, 0.4) is 0 Å². The van der Waals surface area contributed by atoms with E-state index in [9.17, 15) is 0 Å². The Morgan fingerprint density at radius 3 is 1.36 bits per heavy atom. The van der Waals surface area contributed by atoms with Crippen LogP contribution in [0.25, 0.3) is 44.6 Å². The largest absolute Gasteiger partial charge is 0.383 e. The van der Waals surface area contributed by atoms with Gasteiger partial charge in [-0.2, -0.15) is 10.2 Å². The van der Waals surface area contributed by atoms with E-state index in [-0.39, 0.29) is 11.1 Å². The van der Waals surface area contributed by atoms with Crippen molar-refractivity contribution in [1.29, 1.82) is 0 Å². The molecule has 2 aromatic carbocycles. The molecule has 42 heavy (non-hydrogen) atoms. The van der Waals surface area contributed by atoms with Crippen LogP contribution in [0, 0.1) is 6.92 Å². The van der Waals surface area contributed by atoms with Gasteiger partial charge in [0.1, 0.15) is 35.7 Å². The van der Waals surface area contributed by atoms with E-state index in [1.165, 1.54) is 18.2 Å². The lowest BCUT2D eigenvalue weighted by atomic mass is 10.1. The zero-order chi connectivity index (χ0) is 30.4. The Labute approximate surface area is 249 Å². The number of halogens is 1. The van der Waals surface area contributed by atoms with Crippen LogP contribution >= 0.6 is 11.6 Å². The number of fused-ring (bicyclic) bond motifs is 2. The highest BCUT2D eigenvalue weighted by Crippen LogP contribution is 2.34. The van der Waals surface area contributed by atoms with Crippen molar-refractivity contribution in [3.05, 3.63) is 71.8 Å². The fourth-order valence-electron chi connectivity index (χ4n) is 4.61. The van der Waals surface area contributed by atoms with Crippen molar-refractivity contribution in [2.75, 3.05) is 11.5 Å². The third-order valence-electron chi connectivity index (χ3n) is 6.70. The van der Waals surface area contributed by atoms with Gasteiger partial charge in [-0.3, -0.25) is 0 Å². The third kappa shape index (κ3) is 5.49. The molecule has 0 aliphatic rings. The van der Waals surface area contributed by atoms with Crippen molar-refractivity contribution in [2.45, 2.75) is 59.5 Å². The Morgan fingerprint density at radius 2 is 0.976 bits per heavy atom. The fourth-order valence-corrected chi connectivity index (χ4v) is 4.73. The second-order valence-electron chi connectivity index (χ2n) is 12.2. The van der Waals surface area contributed by atoms with Gasteiger partial charge >= 0.3 is 0 Å². The second kappa shape index (κ2) is 10.7. The maximum absolute atomic E-state index is 6.08. The summed E-state index contributed by atoms with van der Waals surface area (Å²) in [6.45, 7) is 14.6. The summed E-state index contributed by atoms with van der Waals surface area (Å²) in [7, 11) is 0. The first-order chi connectivity index (χ1) is 19.8.